The summed E-state index contributed by atoms with van der Waals surface area (Å²) < 4.78 is 60.1. The van der Waals surface area contributed by atoms with Gasteiger partial charge in [0.15, 0.2) is 0 Å². The van der Waals surface area contributed by atoms with Gasteiger partial charge in [-0.1, -0.05) is 0 Å². The van der Waals surface area contributed by atoms with Crippen molar-refractivity contribution in [3.8, 4) is 0 Å². The minimum absolute atomic E-state index is 0.948. The van der Waals surface area contributed by atoms with Gasteiger partial charge in [0, 0.05) is 0 Å². The van der Waals surface area contributed by atoms with E-state index in [2.05, 4.69) is 2.84 Å². The Morgan fingerprint density at radius 3 is 0.941 bits per heavy atom. The number of aromatic nitrogens is 4. The molecule has 4 aromatic rings. The van der Waals surface area contributed by atoms with E-state index < -0.39 is 39.8 Å². The van der Waals surface area contributed by atoms with Crippen LogP contribution < -0.4 is 18.5 Å². The summed E-state index contributed by atoms with van der Waals surface area (Å²) in [4.78, 5) is 18.8. The van der Waals surface area contributed by atoms with Crippen molar-refractivity contribution in [1.82, 2.24) is 19.9 Å². The molecule has 11 nitrogen and oxygen atoms in total. The molecule has 0 aliphatic heterocycles. The van der Waals surface area contributed by atoms with Gasteiger partial charge >= 0.3 is 202 Å². The van der Waals surface area contributed by atoms with Crippen LogP contribution in [0.3, 0.4) is 0 Å². The first-order chi connectivity index (χ1) is 16.1. The molecule has 0 saturated carbocycles. The summed E-state index contributed by atoms with van der Waals surface area (Å²) in [5.74, 6) is 0. The molecule has 0 atom stereocenters. The number of nitrogens with zero attached hydrogens (tertiary/aromatic N) is 4. The molecule has 0 radical (unpaired) electrons. The average Bonchev–Trinajstić information content (AvgIpc) is 2.81. The number of pyridine rings is 4. The Morgan fingerprint density at radius 1 is 0.529 bits per heavy atom. The molecule has 4 rings (SSSR count). The van der Waals surface area contributed by atoms with E-state index in [1.54, 1.807) is 0 Å². The van der Waals surface area contributed by atoms with E-state index in [1.807, 2.05) is 97.6 Å². The second-order valence-corrected chi connectivity index (χ2v) is 13.4. The van der Waals surface area contributed by atoms with Gasteiger partial charge in [0.05, 0.1) is 0 Å². The number of hydrogen-bond acceptors (Lipinski definition) is 9. The molecule has 0 bridgehead atoms. The van der Waals surface area contributed by atoms with E-state index in [0.29, 0.717) is 0 Å². The van der Waals surface area contributed by atoms with Crippen LogP contribution in [0.4, 0.5) is 0 Å². The van der Waals surface area contributed by atoms with Crippen molar-refractivity contribution < 1.29 is 66.2 Å². The van der Waals surface area contributed by atoms with Crippen molar-refractivity contribution >= 4 is 18.5 Å². The van der Waals surface area contributed by atoms with Gasteiger partial charge < -0.3 is 0 Å². The van der Waals surface area contributed by atoms with E-state index in [-0.39, 0.29) is 0 Å². The van der Waals surface area contributed by atoms with Crippen LogP contribution in [0.15, 0.2) is 97.6 Å². The van der Waals surface area contributed by atoms with Crippen molar-refractivity contribution in [3.63, 3.8) is 0 Å². The zero-order valence-electron chi connectivity index (χ0n) is 17.1. The zero-order valence-corrected chi connectivity index (χ0v) is 20.7. The summed E-state index contributed by atoms with van der Waals surface area (Å²) in [6.45, 7) is 0. The van der Waals surface area contributed by atoms with Crippen LogP contribution in [-0.2, 0) is 57.9 Å². The van der Waals surface area contributed by atoms with Crippen molar-refractivity contribution in [2.75, 3.05) is 0 Å². The Labute approximate surface area is 201 Å². The molecule has 0 aliphatic carbocycles. The van der Waals surface area contributed by atoms with E-state index >= 15 is 0 Å². The fourth-order valence-electron chi connectivity index (χ4n) is 2.56. The molecule has 0 unspecified atom stereocenters. The summed E-state index contributed by atoms with van der Waals surface area (Å²) >= 11 is -13.8. The fourth-order valence-corrected chi connectivity index (χ4v) is 8.50. The summed E-state index contributed by atoms with van der Waals surface area (Å²) in [5.41, 5.74) is 0. The van der Waals surface area contributed by atoms with Gasteiger partial charge in [-0.25, -0.2) is 0 Å². The average molecular weight is 589 g/mol. The Morgan fingerprint density at radius 2 is 0.794 bits per heavy atom. The summed E-state index contributed by atoms with van der Waals surface area (Å²) in [6.07, 6.45) is 7.27. The molecule has 2 N–H and O–H groups in total. The van der Waals surface area contributed by atoms with Gasteiger partial charge in [0.2, 0.25) is 0 Å². The van der Waals surface area contributed by atoms with E-state index in [4.69, 9.17) is 28.3 Å². The second kappa shape index (κ2) is 11.1. The molecule has 0 amide bonds. The molecule has 34 heavy (non-hydrogen) atoms. The van der Waals surface area contributed by atoms with Crippen LogP contribution in [0.25, 0.3) is 0 Å². The van der Waals surface area contributed by atoms with Gasteiger partial charge in [0.25, 0.3) is 0 Å². The van der Waals surface area contributed by atoms with Gasteiger partial charge in [-0.05, 0) is 0 Å². The first-order valence-electron chi connectivity index (χ1n) is 9.11. The maximum atomic E-state index is 9.53. The fraction of sp³-hybridized carbons (Fsp3) is 0. The van der Waals surface area contributed by atoms with Crippen LogP contribution >= 0.6 is 0 Å². The molecule has 181 valence electrons. The van der Waals surface area contributed by atoms with Gasteiger partial charge in [0.1, 0.15) is 0 Å². The second-order valence-electron chi connectivity index (χ2n) is 5.94. The van der Waals surface area contributed by atoms with Gasteiger partial charge in [-0.2, -0.15) is 0 Å². The third-order valence-corrected chi connectivity index (χ3v) is 10.8. The number of rotatable bonds is 6. The van der Waals surface area contributed by atoms with E-state index in [1.165, 1.54) is 0 Å². The van der Waals surface area contributed by atoms with Crippen molar-refractivity contribution in [2.24, 2.45) is 0 Å². The normalized spacial score (nSPS) is 12.3. The van der Waals surface area contributed by atoms with E-state index in [0.717, 1.165) is 18.5 Å². The minimum atomic E-state index is -5.76. The van der Waals surface area contributed by atoms with Gasteiger partial charge in [-0.3, -0.25) is 0 Å². The van der Waals surface area contributed by atoms with Crippen molar-refractivity contribution in [1.29, 1.82) is 0 Å². The molecule has 0 fully saturated rings. The molecule has 0 aliphatic rings. The van der Waals surface area contributed by atoms with Crippen LogP contribution in [0.2, 0.25) is 0 Å². The van der Waals surface area contributed by atoms with Crippen molar-refractivity contribution in [3.05, 3.63) is 97.6 Å². The Kier molecular flexibility index (Phi) is 8.46. The topological polar surface area (TPSA) is 170 Å². The molecule has 14 heteroatoms. The molecular formula is C20H18CoCr2N4O7. The molecule has 0 spiro atoms. The Bertz CT molecular complexity index is 1220. The first kappa shape index (κ1) is 25.9. The Hall–Kier alpha value is -2.75. The Balaban J connectivity index is 0.000000309. The monoisotopic (exact) mass is 589 g/mol. The standard InChI is InChI=1S/4C5H4N.Co.2Cr.2H2O.5O/c4*1-2-4-6-5-3-1;;;;;;;;;;/h4*1-4H;;;;2*1H2;;;;;/q;;;;;2*+1;;;;;;;/p-2. The summed E-state index contributed by atoms with van der Waals surface area (Å²) in [5, 5.41) is 0. The first-order valence-corrected chi connectivity index (χ1v) is 15.5. The third kappa shape index (κ3) is 6.65. The predicted octanol–water partition coefficient (Wildman–Crippen LogP) is -0.640. The SMILES string of the molecule is [O]=[Cr](=[O])([OH])[O][Cr](=[O])(=[O])[OH].c1cc[c]([Co]([c]2ccccn2)([c]2ccccn2)[c]2ccccn2)nc1. The van der Waals surface area contributed by atoms with Gasteiger partial charge in [-0.15, -0.1) is 0 Å². The molecule has 4 heterocycles. The van der Waals surface area contributed by atoms with Crippen LogP contribution in [0.1, 0.15) is 0 Å². The number of hydrogen-bond donors (Lipinski definition) is 2. The zero-order chi connectivity index (χ0) is 24.7. The molecular weight excluding hydrogens is 571 g/mol. The third-order valence-electron chi connectivity index (χ3n) is 3.66. The summed E-state index contributed by atoms with van der Waals surface area (Å²) in [7, 11) is 0. The van der Waals surface area contributed by atoms with E-state index in [9.17, 15) is 15.2 Å². The maximum absolute atomic E-state index is 9.53. The van der Waals surface area contributed by atoms with Crippen LogP contribution in [0, 0.1) is 0 Å². The van der Waals surface area contributed by atoms with Crippen LogP contribution in [-0.4, -0.2) is 28.3 Å². The molecule has 0 aromatic carbocycles. The predicted molar refractivity (Wildman–Crippen MR) is 104 cm³/mol. The summed E-state index contributed by atoms with van der Waals surface area (Å²) in [6, 6.07) is 23.9. The quantitative estimate of drug-likeness (QED) is 0.293. The molecule has 0 saturated heterocycles. The van der Waals surface area contributed by atoms with Crippen molar-refractivity contribution in [2.45, 2.75) is 0 Å². The van der Waals surface area contributed by atoms with Crippen LogP contribution in [0.5, 0.6) is 0 Å². The molecule has 4 aromatic heterocycles.